The van der Waals surface area contributed by atoms with Crippen LogP contribution >= 0.6 is 0 Å². The van der Waals surface area contributed by atoms with Gasteiger partial charge >= 0.3 is 5.97 Å². The van der Waals surface area contributed by atoms with Crippen molar-refractivity contribution in [2.45, 2.75) is 140 Å². The number of carboxylic acid groups (broad SMARTS) is 1. The molecule has 6 atom stereocenters. The Bertz CT molecular complexity index is 930. The van der Waals surface area contributed by atoms with Crippen LogP contribution in [0.4, 0.5) is 0 Å². The Morgan fingerprint density at radius 3 is 2.37 bits per heavy atom. The maximum absolute atomic E-state index is 12.0. The fourth-order valence-corrected chi connectivity index (χ4v) is 6.90. The summed E-state index contributed by atoms with van der Waals surface area (Å²) in [4.78, 5) is 20.6. The highest BCUT2D eigenvalue weighted by atomic mass is 16.4. The Morgan fingerprint density at radius 2 is 1.76 bits per heavy atom. The molecule has 0 bridgehead atoms. The van der Waals surface area contributed by atoms with Crippen LogP contribution in [0.2, 0.25) is 0 Å². The minimum absolute atomic E-state index is 0.0208. The first-order valence-electron chi connectivity index (χ1n) is 16.2. The van der Waals surface area contributed by atoms with Crippen LogP contribution in [-0.4, -0.2) is 50.4 Å². The molecule has 230 valence electrons. The highest BCUT2D eigenvalue weighted by Gasteiger charge is 2.46. The number of aliphatic imine (C=N–C) groups is 1. The average molecular weight is 571 g/mol. The van der Waals surface area contributed by atoms with Crippen LogP contribution in [-0.2, 0) is 11.2 Å². The lowest BCUT2D eigenvalue weighted by Crippen LogP contribution is -2.37. The van der Waals surface area contributed by atoms with E-state index in [0.29, 0.717) is 31.6 Å². The SMILES string of the molecule is CCCCCCC[C@H](O)CCCCCC[C@H](C(=O)O)[C@H](O)CC[C@@]1(O)C[C@@H](CC2=C[CH+]N=C2)C[C@H]1Cc1ccc[n-]1. The second kappa shape index (κ2) is 17.8. The van der Waals surface area contributed by atoms with Gasteiger partial charge in [-0.05, 0) is 63.2 Å². The maximum atomic E-state index is 12.0. The number of aliphatic carboxylic acids is 1. The lowest BCUT2D eigenvalue weighted by molar-refractivity contribution is -0.146. The van der Waals surface area contributed by atoms with Gasteiger partial charge in [0.25, 0.3) is 0 Å². The third kappa shape index (κ3) is 11.6. The number of carbonyl (C=O) groups is 1. The first-order chi connectivity index (χ1) is 19.8. The molecular formula is C34H54N2O5. The standard InChI is InChI=1S/C34H54N2O5/c1-2-3-4-5-8-13-30(37)14-9-6-7-10-15-31(33(39)40)32(38)16-18-34(41)24-27(21-26-17-20-35-25-26)22-28(34)23-29-12-11-19-36-29/h11-12,17,19-20,25,27-28,30-32,37-38,41H,2-10,13-16,18,21-24H2,1H3,(H,39,40)/t27-,28-,30-,31-,32+,34+/m0/s1. The van der Waals surface area contributed by atoms with E-state index in [1.165, 1.54) is 31.3 Å². The van der Waals surface area contributed by atoms with Crippen molar-refractivity contribution in [1.82, 2.24) is 4.98 Å². The first-order valence-corrected chi connectivity index (χ1v) is 16.2. The highest BCUT2D eigenvalue weighted by molar-refractivity contribution is 5.81. The molecule has 3 rings (SSSR count). The molecule has 1 aromatic rings. The molecule has 0 saturated heterocycles. The van der Waals surface area contributed by atoms with E-state index in [1.807, 2.05) is 24.4 Å². The summed E-state index contributed by atoms with van der Waals surface area (Å²) in [6, 6.07) is 3.90. The predicted octanol–water partition coefficient (Wildman–Crippen LogP) is 6.41. The van der Waals surface area contributed by atoms with Crippen LogP contribution in [0.3, 0.4) is 0 Å². The van der Waals surface area contributed by atoms with Crippen LogP contribution in [0.5, 0.6) is 0 Å². The largest absolute Gasteiger partial charge is 0.668 e. The first kappa shape index (κ1) is 33.4. The zero-order valence-corrected chi connectivity index (χ0v) is 25.2. The van der Waals surface area contributed by atoms with Gasteiger partial charge in [-0.25, -0.2) is 0 Å². The van der Waals surface area contributed by atoms with Gasteiger partial charge in [0.2, 0.25) is 0 Å². The Balaban J connectivity index is 1.41. The van der Waals surface area contributed by atoms with Gasteiger partial charge in [0, 0.05) is 6.42 Å². The van der Waals surface area contributed by atoms with Crippen LogP contribution in [0.1, 0.15) is 122 Å². The van der Waals surface area contributed by atoms with E-state index in [4.69, 9.17) is 0 Å². The fourth-order valence-electron chi connectivity index (χ4n) is 6.90. The van der Waals surface area contributed by atoms with Gasteiger partial charge in [0.05, 0.1) is 29.8 Å². The van der Waals surface area contributed by atoms with Gasteiger partial charge in [-0.2, -0.15) is 11.9 Å². The fraction of sp³-hybridized carbons (Fsp3) is 0.735. The lowest BCUT2D eigenvalue weighted by Gasteiger charge is -2.33. The topological polar surface area (TPSA) is 124 Å². The summed E-state index contributed by atoms with van der Waals surface area (Å²) in [5.41, 5.74) is 1.18. The Hall–Kier alpha value is -2.09. The Labute approximate surface area is 247 Å². The van der Waals surface area contributed by atoms with E-state index < -0.39 is 23.6 Å². The van der Waals surface area contributed by atoms with Crippen molar-refractivity contribution in [3.8, 4) is 0 Å². The van der Waals surface area contributed by atoms with Gasteiger partial charge in [-0.1, -0.05) is 76.8 Å². The molecule has 0 radical (unpaired) electrons. The summed E-state index contributed by atoms with van der Waals surface area (Å²) in [6.07, 6.45) is 19.9. The van der Waals surface area contributed by atoms with Crippen molar-refractivity contribution in [3.05, 3.63) is 42.2 Å². The van der Waals surface area contributed by atoms with E-state index >= 15 is 0 Å². The number of aromatic nitrogens is 1. The molecule has 1 aliphatic carbocycles. The summed E-state index contributed by atoms with van der Waals surface area (Å²) in [5.74, 6) is -1.45. The van der Waals surface area contributed by atoms with Gasteiger partial charge in [-0.15, -0.1) is 4.99 Å². The van der Waals surface area contributed by atoms with Gasteiger partial charge in [-0.3, -0.25) is 4.79 Å². The van der Waals surface area contributed by atoms with Crippen LogP contribution in [0.25, 0.3) is 0 Å². The Morgan fingerprint density at radius 1 is 1.05 bits per heavy atom. The summed E-state index contributed by atoms with van der Waals surface area (Å²) < 4.78 is 0. The third-order valence-electron chi connectivity index (χ3n) is 9.33. The molecule has 2 aliphatic rings. The molecule has 41 heavy (non-hydrogen) atoms. The van der Waals surface area contributed by atoms with E-state index in [0.717, 1.165) is 63.5 Å². The number of aliphatic hydroxyl groups is 3. The number of hydrogen-bond donors (Lipinski definition) is 4. The van der Waals surface area contributed by atoms with Crippen molar-refractivity contribution in [3.63, 3.8) is 0 Å². The summed E-state index contributed by atoms with van der Waals surface area (Å²) in [5, 5.41) is 42.8. The van der Waals surface area contributed by atoms with Gasteiger partial charge in [0.15, 0.2) is 6.21 Å². The zero-order chi connectivity index (χ0) is 29.5. The quantitative estimate of drug-likeness (QED) is 0.0943. The maximum Gasteiger partial charge on any atom is 0.309 e. The highest BCUT2D eigenvalue weighted by Crippen LogP contribution is 2.46. The smallest absolute Gasteiger partial charge is 0.309 e. The average Bonchev–Trinajstić information content (AvgIpc) is 3.70. The minimum atomic E-state index is -0.984. The monoisotopic (exact) mass is 570 g/mol. The molecule has 0 unspecified atom stereocenters. The molecule has 2 heterocycles. The number of hydrogen-bond acceptors (Lipinski definition) is 5. The number of nitrogens with zero attached hydrogens (tertiary/aromatic N) is 2. The second-order valence-electron chi connectivity index (χ2n) is 12.7. The number of aliphatic hydroxyl groups excluding tert-OH is 2. The molecule has 1 fully saturated rings. The van der Waals surface area contributed by atoms with E-state index in [1.54, 1.807) is 12.7 Å². The molecule has 1 aliphatic heterocycles. The van der Waals surface area contributed by atoms with Crippen LogP contribution in [0, 0.1) is 24.3 Å². The van der Waals surface area contributed by atoms with E-state index in [-0.39, 0.29) is 18.4 Å². The minimum Gasteiger partial charge on any atom is -0.668 e. The van der Waals surface area contributed by atoms with Gasteiger partial charge in [0.1, 0.15) is 12.1 Å². The summed E-state index contributed by atoms with van der Waals surface area (Å²) >= 11 is 0. The Kier molecular flexibility index (Phi) is 14.5. The summed E-state index contributed by atoms with van der Waals surface area (Å²) in [6.45, 7) is 4.00. The van der Waals surface area contributed by atoms with Crippen molar-refractivity contribution in [2.75, 3.05) is 0 Å². The lowest BCUT2D eigenvalue weighted by atomic mass is 9.81. The third-order valence-corrected chi connectivity index (χ3v) is 9.33. The molecule has 4 N–H and O–H groups in total. The number of rotatable bonds is 22. The molecule has 0 aromatic carbocycles. The molecule has 0 spiro atoms. The predicted molar refractivity (Wildman–Crippen MR) is 164 cm³/mol. The second-order valence-corrected chi connectivity index (χ2v) is 12.7. The molecule has 1 saturated carbocycles. The molecule has 0 amide bonds. The molecule has 1 aromatic heterocycles. The zero-order valence-electron chi connectivity index (χ0n) is 25.2. The molecular weight excluding hydrogens is 516 g/mol. The van der Waals surface area contributed by atoms with Crippen LogP contribution < -0.4 is 4.98 Å². The van der Waals surface area contributed by atoms with Gasteiger partial charge < -0.3 is 25.4 Å². The van der Waals surface area contributed by atoms with Crippen molar-refractivity contribution < 1.29 is 25.2 Å². The normalized spacial score (nSPS) is 24.2. The number of carboxylic acids is 1. The van der Waals surface area contributed by atoms with E-state index in [9.17, 15) is 25.2 Å². The molecule has 7 heteroatoms. The van der Waals surface area contributed by atoms with Crippen molar-refractivity contribution in [1.29, 1.82) is 0 Å². The van der Waals surface area contributed by atoms with E-state index in [2.05, 4.69) is 16.9 Å². The number of unbranched alkanes of at least 4 members (excludes halogenated alkanes) is 7. The van der Waals surface area contributed by atoms with Crippen molar-refractivity contribution >= 4 is 12.2 Å². The summed E-state index contributed by atoms with van der Waals surface area (Å²) in [7, 11) is 0. The van der Waals surface area contributed by atoms with Crippen molar-refractivity contribution in [2.24, 2.45) is 22.7 Å². The molecule has 7 nitrogen and oxygen atoms in total. The number of allylic oxidation sites excluding steroid dienone is 1. The van der Waals surface area contributed by atoms with Crippen LogP contribution in [0.15, 0.2) is 35.0 Å².